The van der Waals surface area contributed by atoms with E-state index in [0.717, 1.165) is 11.1 Å². The summed E-state index contributed by atoms with van der Waals surface area (Å²) in [7, 11) is 0. The highest BCUT2D eigenvalue weighted by Crippen LogP contribution is 2.32. The third kappa shape index (κ3) is 2.74. The van der Waals surface area contributed by atoms with Crippen molar-refractivity contribution in [3.63, 3.8) is 0 Å². The van der Waals surface area contributed by atoms with Crippen LogP contribution in [0.4, 0.5) is 0 Å². The molecular weight excluding hydrogens is 232 g/mol. The van der Waals surface area contributed by atoms with E-state index < -0.39 is 6.10 Å². The summed E-state index contributed by atoms with van der Waals surface area (Å²) in [6, 6.07) is 8.02. The van der Waals surface area contributed by atoms with Crippen LogP contribution in [0.3, 0.4) is 0 Å². The lowest BCUT2D eigenvalue weighted by Crippen LogP contribution is -2.14. The fourth-order valence-electron chi connectivity index (χ4n) is 3.03. The van der Waals surface area contributed by atoms with Crippen LogP contribution >= 0.6 is 0 Å². The topological polar surface area (TPSA) is 20.2 Å². The van der Waals surface area contributed by atoms with Gasteiger partial charge in [0.1, 0.15) is 0 Å². The van der Waals surface area contributed by atoms with Gasteiger partial charge in [0.15, 0.2) is 0 Å². The van der Waals surface area contributed by atoms with Crippen LogP contribution in [0.2, 0.25) is 0 Å². The lowest BCUT2D eigenvalue weighted by Gasteiger charge is -2.22. The van der Waals surface area contributed by atoms with Gasteiger partial charge in [0, 0.05) is 5.92 Å². The highest BCUT2D eigenvalue weighted by Gasteiger charge is 2.22. The Morgan fingerprint density at radius 2 is 1.79 bits per heavy atom. The molecule has 0 aliphatic heterocycles. The first-order valence-corrected chi connectivity index (χ1v) is 7.31. The quantitative estimate of drug-likeness (QED) is 0.693. The Bertz CT molecular complexity index is 526. The van der Waals surface area contributed by atoms with Gasteiger partial charge in [-0.15, -0.1) is 0 Å². The first-order chi connectivity index (χ1) is 9.34. The Morgan fingerprint density at radius 3 is 2.63 bits per heavy atom. The number of hydrogen-bond donors (Lipinski definition) is 1. The molecule has 2 atom stereocenters. The lowest BCUT2D eigenvalue weighted by atomic mass is 9.85. The van der Waals surface area contributed by atoms with Crippen molar-refractivity contribution < 1.29 is 5.11 Å². The molecule has 1 heteroatoms. The third-order valence-electron chi connectivity index (χ3n) is 4.20. The number of aliphatic hydroxyl groups excluding tert-OH is 1. The van der Waals surface area contributed by atoms with Crippen LogP contribution in [0.15, 0.2) is 30.3 Å². The maximum Gasteiger partial charge on any atom is 0.0968 e. The lowest BCUT2D eigenvalue weighted by molar-refractivity contribution is 0.153. The van der Waals surface area contributed by atoms with Crippen LogP contribution in [0.1, 0.15) is 49.3 Å². The fraction of sp³-hybridized carbons (Fsp3) is 0.444. The summed E-state index contributed by atoms with van der Waals surface area (Å²) < 4.78 is 0. The summed E-state index contributed by atoms with van der Waals surface area (Å²) in [5.41, 5.74) is 2.12. The normalized spacial score (nSPS) is 26.4. The number of aliphatic hydroxyl groups is 1. The molecule has 0 saturated heterocycles. The van der Waals surface area contributed by atoms with Gasteiger partial charge in [0.05, 0.1) is 12.0 Å². The van der Waals surface area contributed by atoms with E-state index in [9.17, 15) is 5.11 Å². The number of benzene rings is 1. The molecule has 2 aliphatic rings. The smallest absolute Gasteiger partial charge is 0.0968 e. The van der Waals surface area contributed by atoms with E-state index in [2.05, 4.69) is 17.9 Å². The van der Waals surface area contributed by atoms with E-state index in [-0.39, 0.29) is 5.92 Å². The molecule has 1 fully saturated rings. The van der Waals surface area contributed by atoms with Crippen molar-refractivity contribution in [3.05, 3.63) is 41.5 Å². The van der Waals surface area contributed by atoms with Crippen molar-refractivity contribution in [1.29, 1.82) is 0 Å². The summed E-state index contributed by atoms with van der Waals surface area (Å²) in [5, 5.41) is 10.4. The molecule has 0 aromatic heterocycles. The van der Waals surface area contributed by atoms with E-state index in [1.54, 1.807) is 0 Å². The minimum absolute atomic E-state index is 0.0446. The highest BCUT2D eigenvalue weighted by atomic mass is 16.3. The van der Waals surface area contributed by atoms with E-state index in [0.29, 0.717) is 5.92 Å². The molecule has 1 N–H and O–H groups in total. The molecule has 0 heterocycles. The first kappa shape index (κ1) is 12.5. The molecule has 0 radical (unpaired) electrons. The second-order valence-electron chi connectivity index (χ2n) is 5.58. The van der Waals surface area contributed by atoms with Crippen LogP contribution in [0, 0.1) is 23.7 Å². The number of rotatable bonds is 0. The molecule has 0 amide bonds. The van der Waals surface area contributed by atoms with Gasteiger partial charge in [-0.25, -0.2) is 0 Å². The average molecular weight is 252 g/mol. The van der Waals surface area contributed by atoms with E-state index >= 15 is 0 Å². The van der Waals surface area contributed by atoms with Gasteiger partial charge in [-0.1, -0.05) is 67.5 Å². The Balaban J connectivity index is 1.75. The SMILES string of the molecule is O[C@@H]1c2ccccc2C=C[C@@H]1C#CC1CCCCC1. The fourth-order valence-corrected chi connectivity index (χ4v) is 3.03. The molecule has 98 valence electrons. The van der Waals surface area contributed by atoms with Gasteiger partial charge in [0.25, 0.3) is 0 Å². The molecule has 1 aromatic carbocycles. The molecule has 1 aromatic rings. The molecular formula is C18H20O. The summed E-state index contributed by atoms with van der Waals surface area (Å²) in [5.74, 6) is 7.19. The second-order valence-corrected chi connectivity index (χ2v) is 5.58. The summed E-state index contributed by atoms with van der Waals surface area (Å²) in [4.78, 5) is 0. The van der Waals surface area contributed by atoms with E-state index in [1.165, 1.54) is 32.1 Å². The van der Waals surface area contributed by atoms with Gasteiger partial charge in [-0.05, 0) is 24.0 Å². The summed E-state index contributed by atoms with van der Waals surface area (Å²) in [6.45, 7) is 0. The van der Waals surface area contributed by atoms with Gasteiger partial charge in [-0.2, -0.15) is 0 Å². The minimum atomic E-state index is -0.475. The van der Waals surface area contributed by atoms with Crippen molar-refractivity contribution in [2.45, 2.75) is 38.2 Å². The van der Waals surface area contributed by atoms with Crippen molar-refractivity contribution in [2.24, 2.45) is 11.8 Å². The first-order valence-electron chi connectivity index (χ1n) is 7.31. The Hall–Kier alpha value is -1.52. The zero-order valence-corrected chi connectivity index (χ0v) is 11.2. The third-order valence-corrected chi connectivity index (χ3v) is 4.20. The molecule has 0 bridgehead atoms. The van der Waals surface area contributed by atoms with Crippen LogP contribution < -0.4 is 0 Å². The zero-order valence-electron chi connectivity index (χ0n) is 11.2. The highest BCUT2D eigenvalue weighted by molar-refractivity contribution is 5.58. The predicted molar refractivity (Wildman–Crippen MR) is 78.3 cm³/mol. The largest absolute Gasteiger partial charge is 0.387 e. The standard InChI is InChI=1S/C18H20O/c19-18-16(11-10-14-6-2-1-3-7-14)13-12-15-8-4-5-9-17(15)18/h4-5,8-9,12-14,16,18-19H,1-3,6-7H2/t16-,18-/m0/s1. The minimum Gasteiger partial charge on any atom is -0.387 e. The second kappa shape index (κ2) is 5.63. The van der Waals surface area contributed by atoms with Gasteiger partial charge in [-0.3, -0.25) is 0 Å². The van der Waals surface area contributed by atoms with Crippen molar-refractivity contribution >= 4 is 6.08 Å². The summed E-state index contributed by atoms with van der Waals surface area (Å²) in [6.07, 6.45) is 10.1. The maximum absolute atomic E-state index is 10.4. The number of fused-ring (bicyclic) bond motifs is 1. The van der Waals surface area contributed by atoms with Crippen LogP contribution in [0.25, 0.3) is 6.08 Å². The van der Waals surface area contributed by atoms with E-state index in [4.69, 9.17) is 0 Å². The average Bonchev–Trinajstić information content (AvgIpc) is 2.48. The molecule has 3 rings (SSSR count). The van der Waals surface area contributed by atoms with Crippen LogP contribution in [-0.2, 0) is 0 Å². The molecule has 0 spiro atoms. The van der Waals surface area contributed by atoms with Crippen molar-refractivity contribution in [1.82, 2.24) is 0 Å². The van der Waals surface area contributed by atoms with Gasteiger partial charge >= 0.3 is 0 Å². The van der Waals surface area contributed by atoms with Gasteiger partial charge in [0.2, 0.25) is 0 Å². The van der Waals surface area contributed by atoms with E-state index in [1.807, 2.05) is 30.3 Å². The van der Waals surface area contributed by atoms with Crippen molar-refractivity contribution in [2.75, 3.05) is 0 Å². The Kier molecular flexibility index (Phi) is 3.71. The van der Waals surface area contributed by atoms with Crippen LogP contribution in [0.5, 0.6) is 0 Å². The molecule has 2 aliphatic carbocycles. The summed E-state index contributed by atoms with van der Waals surface area (Å²) >= 11 is 0. The monoisotopic (exact) mass is 252 g/mol. The van der Waals surface area contributed by atoms with Gasteiger partial charge < -0.3 is 5.11 Å². The molecule has 1 nitrogen and oxygen atoms in total. The Labute approximate surface area is 115 Å². The molecule has 1 saturated carbocycles. The molecule has 0 unspecified atom stereocenters. The van der Waals surface area contributed by atoms with Crippen molar-refractivity contribution in [3.8, 4) is 11.8 Å². The molecule has 19 heavy (non-hydrogen) atoms. The Morgan fingerprint density at radius 1 is 1.00 bits per heavy atom. The van der Waals surface area contributed by atoms with Crippen LogP contribution in [-0.4, -0.2) is 5.11 Å². The number of hydrogen-bond acceptors (Lipinski definition) is 1. The zero-order chi connectivity index (χ0) is 13.1. The predicted octanol–water partition coefficient (Wildman–Crippen LogP) is 3.95. The maximum atomic E-state index is 10.4.